The molecule has 1 N–H and O–H groups in total. The van der Waals surface area contributed by atoms with Crippen molar-refractivity contribution >= 4 is 16.2 Å². The van der Waals surface area contributed by atoms with E-state index >= 15 is 0 Å². The van der Waals surface area contributed by atoms with Gasteiger partial charge in [0.1, 0.15) is 5.75 Å². The minimum Gasteiger partial charge on any atom is -0.497 e. The smallest absolute Gasteiger partial charge is 0.307 e. The van der Waals surface area contributed by atoms with Gasteiger partial charge in [0.2, 0.25) is 0 Å². The molecule has 128 valence electrons. The lowest BCUT2D eigenvalue weighted by molar-refractivity contribution is -0.142. The fourth-order valence-electron chi connectivity index (χ4n) is 2.66. The van der Waals surface area contributed by atoms with Crippen molar-refractivity contribution < 1.29 is 23.1 Å². The average Bonchev–Trinajstić information content (AvgIpc) is 2.55. The van der Waals surface area contributed by atoms with Crippen LogP contribution in [0.3, 0.4) is 0 Å². The van der Waals surface area contributed by atoms with Crippen LogP contribution in [-0.2, 0) is 21.5 Å². The highest BCUT2D eigenvalue weighted by atomic mass is 32.2. The Hall–Kier alpha value is -1.64. The number of hydrogen-bond donors (Lipinski definition) is 1. The van der Waals surface area contributed by atoms with Crippen LogP contribution in [0, 0.1) is 5.92 Å². The zero-order valence-corrected chi connectivity index (χ0v) is 14.1. The number of benzene rings is 1. The highest BCUT2D eigenvalue weighted by Gasteiger charge is 2.34. The van der Waals surface area contributed by atoms with E-state index in [1.165, 1.54) is 15.7 Å². The van der Waals surface area contributed by atoms with Crippen molar-refractivity contribution in [3.63, 3.8) is 0 Å². The number of rotatable bonds is 6. The summed E-state index contributed by atoms with van der Waals surface area (Å²) in [6.45, 7) is 0.586. The Labute approximate surface area is 136 Å². The first-order chi connectivity index (χ1) is 10.8. The van der Waals surface area contributed by atoms with Crippen LogP contribution in [0.5, 0.6) is 5.75 Å². The summed E-state index contributed by atoms with van der Waals surface area (Å²) in [5.41, 5.74) is 0.808. The largest absolute Gasteiger partial charge is 0.497 e. The van der Waals surface area contributed by atoms with Crippen molar-refractivity contribution in [1.29, 1.82) is 0 Å². The maximum Gasteiger partial charge on any atom is 0.307 e. The van der Waals surface area contributed by atoms with Crippen LogP contribution in [0.15, 0.2) is 24.3 Å². The zero-order valence-electron chi connectivity index (χ0n) is 13.3. The van der Waals surface area contributed by atoms with Crippen LogP contribution in [0.25, 0.3) is 0 Å². The van der Waals surface area contributed by atoms with Crippen LogP contribution >= 0.6 is 0 Å². The number of nitrogens with zero attached hydrogens (tertiary/aromatic N) is 2. The second kappa shape index (κ2) is 7.29. The molecule has 1 saturated heterocycles. The van der Waals surface area contributed by atoms with E-state index in [2.05, 4.69) is 0 Å². The van der Waals surface area contributed by atoms with Crippen molar-refractivity contribution in [2.75, 3.05) is 27.2 Å². The topological polar surface area (TPSA) is 87.2 Å². The fraction of sp³-hybridized carbons (Fsp3) is 0.533. The molecule has 1 heterocycles. The van der Waals surface area contributed by atoms with Crippen LogP contribution in [0.4, 0.5) is 0 Å². The third-order valence-electron chi connectivity index (χ3n) is 3.99. The Balaban J connectivity index is 2.10. The monoisotopic (exact) mass is 342 g/mol. The quantitative estimate of drug-likeness (QED) is 0.838. The molecule has 1 atom stereocenters. The fourth-order valence-corrected chi connectivity index (χ4v) is 4.09. The van der Waals surface area contributed by atoms with Gasteiger partial charge in [-0.05, 0) is 30.5 Å². The van der Waals surface area contributed by atoms with Crippen molar-refractivity contribution in [2.45, 2.75) is 19.4 Å². The Morgan fingerprint density at radius 3 is 2.87 bits per heavy atom. The summed E-state index contributed by atoms with van der Waals surface area (Å²) in [6.07, 6.45) is 1.07. The first-order valence-electron chi connectivity index (χ1n) is 7.41. The Morgan fingerprint density at radius 1 is 1.48 bits per heavy atom. The molecule has 23 heavy (non-hydrogen) atoms. The summed E-state index contributed by atoms with van der Waals surface area (Å²) in [6, 6.07) is 7.20. The van der Waals surface area contributed by atoms with E-state index in [4.69, 9.17) is 9.84 Å². The molecule has 1 aromatic rings. The van der Waals surface area contributed by atoms with E-state index in [0.717, 1.165) is 5.56 Å². The number of piperidine rings is 1. The number of aliphatic carboxylic acids is 1. The number of methoxy groups -OCH3 is 1. The van der Waals surface area contributed by atoms with Crippen molar-refractivity contribution in [1.82, 2.24) is 8.61 Å². The van der Waals surface area contributed by atoms with E-state index in [1.54, 1.807) is 25.3 Å². The molecular weight excluding hydrogens is 320 g/mol. The molecule has 0 saturated carbocycles. The molecule has 1 fully saturated rings. The zero-order chi connectivity index (χ0) is 17.0. The van der Waals surface area contributed by atoms with Gasteiger partial charge in [0, 0.05) is 26.7 Å². The standard InChI is InChI=1S/C15H22N2O5S/c1-16(10-12-5-3-7-14(9-12)22-2)23(20,21)17-8-4-6-13(11-17)15(18)19/h3,5,7,9,13H,4,6,8,10-11H2,1-2H3,(H,18,19)/t13-/m0/s1. The third-order valence-corrected chi connectivity index (χ3v) is 5.89. The number of carbonyl (C=O) groups is 1. The molecule has 0 amide bonds. The van der Waals surface area contributed by atoms with Gasteiger partial charge in [-0.15, -0.1) is 0 Å². The summed E-state index contributed by atoms with van der Waals surface area (Å²) in [4.78, 5) is 11.1. The summed E-state index contributed by atoms with van der Waals surface area (Å²) < 4.78 is 32.9. The molecule has 1 aromatic carbocycles. The van der Waals surface area contributed by atoms with Crippen LogP contribution in [0.2, 0.25) is 0 Å². The molecule has 0 aromatic heterocycles. The predicted molar refractivity (Wildman–Crippen MR) is 85.3 cm³/mol. The summed E-state index contributed by atoms with van der Waals surface area (Å²) in [5.74, 6) is -0.915. The minimum atomic E-state index is -3.68. The van der Waals surface area contributed by atoms with Gasteiger partial charge in [-0.2, -0.15) is 17.0 Å². The van der Waals surface area contributed by atoms with Crippen molar-refractivity contribution in [2.24, 2.45) is 5.92 Å². The van der Waals surface area contributed by atoms with E-state index in [1.807, 2.05) is 6.07 Å². The lowest BCUT2D eigenvalue weighted by atomic mass is 10.0. The number of ether oxygens (including phenoxy) is 1. The first kappa shape index (κ1) is 17.7. The van der Waals surface area contributed by atoms with Gasteiger partial charge in [0.25, 0.3) is 10.2 Å². The second-order valence-corrected chi connectivity index (χ2v) is 7.69. The van der Waals surface area contributed by atoms with Crippen LogP contribution < -0.4 is 4.74 Å². The van der Waals surface area contributed by atoms with E-state index in [0.29, 0.717) is 25.1 Å². The molecule has 1 aliphatic heterocycles. The van der Waals surface area contributed by atoms with E-state index < -0.39 is 22.1 Å². The minimum absolute atomic E-state index is 0.0279. The maximum absolute atomic E-state index is 12.6. The molecular formula is C15H22N2O5S. The Kier molecular flexibility index (Phi) is 5.61. The SMILES string of the molecule is COc1cccc(CN(C)S(=O)(=O)N2CCC[C@H](C(=O)O)C2)c1. The molecule has 0 radical (unpaired) electrons. The molecule has 8 heteroatoms. The molecule has 0 unspecified atom stereocenters. The maximum atomic E-state index is 12.6. The lowest BCUT2D eigenvalue weighted by Crippen LogP contribution is -2.47. The van der Waals surface area contributed by atoms with Crippen LogP contribution in [0.1, 0.15) is 18.4 Å². The van der Waals surface area contributed by atoms with Crippen molar-refractivity contribution in [3.8, 4) is 5.75 Å². The van der Waals surface area contributed by atoms with Gasteiger partial charge in [-0.1, -0.05) is 12.1 Å². The van der Waals surface area contributed by atoms with E-state index in [9.17, 15) is 13.2 Å². The molecule has 2 rings (SSSR count). The average molecular weight is 342 g/mol. The third kappa shape index (κ3) is 4.21. The summed E-state index contributed by atoms with van der Waals surface area (Å²) >= 11 is 0. The Morgan fingerprint density at radius 2 is 2.22 bits per heavy atom. The normalized spacial score (nSPS) is 19.7. The van der Waals surface area contributed by atoms with Gasteiger partial charge in [-0.3, -0.25) is 4.79 Å². The van der Waals surface area contributed by atoms with E-state index in [-0.39, 0.29) is 13.1 Å². The highest BCUT2D eigenvalue weighted by molar-refractivity contribution is 7.86. The number of carboxylic acid groups (broad SMARTS) is 1. The highest BCUT2D eigenvalue weighted by Crippen LogP contribution is 2.22. The summed E-state index contributed by atoms with van der Waals surface area (Å²) in [5, 5.41) is 9.10. The molecule has 7 nitrogen and oxygen atoms in total. The van der Waals surface area contributed by atoms with Gasteiger partial charge in [0.05, 0.1) is 13.0 Å². The molecule has 0 bridgehead atoms. The first-order valence-corrected chi connectivity index (χ1v) is 8.81. The molecule has 0 spiro atoms. The Bertz CT molecular complexity index is 662. The molecule has 1 aliphatic rings. The van der Waals surface area contributed by atoms with Gasteiger partial charge in [-0.25, -0.2) is 0 Å². The van der Waals surface area contributed by atoms with Gasteiger partial charge < -0.3 is 9.84 Å². The lowest BCUT2D eigenvalue weighted by Gasteiger charge is -2.32. The second-order valence-electron chi connectivity index (χ2n) is 5.65. The van der Waals surface area contributed by atoms with Gasteiger partial charge in [0.15, 0.2) is 0 Å². The van der Waals surface area contributed by atoms with Gasteiger partial charge >= 0.3 is 5.97 Å². The predicted octanol–water partition coefficient (Wildman–Crippen LogP) is 1.17. The molecule has 0 aliphatic carbocycles. The van der Waals surface area contributed by atoms with Crippen LogP contribution in [-0.4, -0.2) is 55.4 Å². The number of carboxylic acids is 1. The number of hydrogen-bond acceptors (Lipinski definition) is 4. The summed E-state index contributed by atoms with van der Waals surface area (Å²) in [7, 11) is -0.630. The van der Waals surface area contributed by atoms with Crippen molar-refractivity contribution in [3.05, 3.63) is 29.8 Å².